The lowest BCUT2D eigenvalue weighted by Gasteiger charge is -2.27. The first-order valence-corrected chi connectivity index (χ1v) is 9.86. The van der Waals surface area contributed by atoms with Gasteiger partial charge in [-0.2, -0.15) is 0 Å². The van der Waals surface area contributed by atoms with Crippen LogP contribution in [0.4, 0.5) is 0 Å². The number of rotatable bonds is 3. The molecule has 130 valence electrons. The zero-order valence-corrected chi connectivity index (χ0v) is 14.8. The largest absolute Gasteiger partial charge is 0.342 e. The van der Waals surface area contributed by atoms with Gasteiger partial charge in [0.25, 0.3) is 0 Å². The van der Waals surface area contributed by atoms with Crippen molar-refractivity contribution in [1.29, 1.82) is 0 Å². The van der Waals surface area contributed by atoms with Gasteiger partial charge in [0, 0.05) is 49.9 Å². The normalized spacial score (nSPS) is 28.8. The Hall–Kier alpha value is -1.40. The lowest BCUT2D eigenvalue weighted by molar-refractivity contribution is -0.137. The molecule has 1 aromatic rings. The highest BCUT2D eigenvalue weighted by Crippen LogP contribution is 2.37. The first-order valence-electron chi connectivity index (χ1n) is 8.98. The lowest BCUT2D eigenvalue weighted by Crippen LogP contribution is -2.37. The molecule has 6 heteroatoms. The van der Waals surface area contributed by atoms with Crippen molar-refractivity contribution in [3.63, 3.8) is 0 Å². The summed E-state index contributed by atoms with van der Waals surface area (Å²) < 4.78 is 0. The minimum atomic E-state index is 0.108. The third-order valence-electron chi connectivity index (χ3n) is 5.98. The van der Waals surface area contributed by atoms with Crippen LogP contribution in [0.25, 0.3) is 0 Å². The van der Waals surface area contributed by atoms with Gasteiger partial charge in [-0.05, 0) is 48.1 Å². The molecule has 2 aliphatic heterocycles. The molecule has 4 rings (SSSR count). The van der Waals surface area contributed by atoms with Gasteiger partial charge in [-0.3, -0.25) is 9.59 Å². The van der Waals surface area contributed by atoms with Gasteiger partial charge in [-0.25, -0.2) is 0 Å². The number of nitrogens with zero attached hydrogens (tertiary/aromatic N) is 2. The van der Waals surface area contributed by atoms with Crippen molar-refractivity contribution >= 4 is 23.2 Å². The third-order valence-corrected chi connectivity index (χ3v) is 7.00. The van der Waals surface area contributed by atoms with Crippen LogP contribution in [0.3, 0.4) is 0 Å². The van der Waals surface area contributed by atoms with Crippen LogP contribution >= 0.6 is 11.3 Å². The van der Waals surface area contributed by atoms with Gasteiger partial charge >= 0.3 is 0 Å². The monoisotopic (exact) mass is 347 g/mol. The van der Waals surface area contributed by atoms with Crippen molar-refractivity contribution in [2.45, 2.75) is 44.7 Å². The fourth-order valence-electron chi connectivity index (χ4n) is 4.50. The van der Waals surface area contributed by atoms with Crippen molar-refractivity contribution in [1.82, 2.24) is 9.80 Å². The summed E-state index contributed by atoms with van der Waals surface area (Å²) in [6.45, 7) is 3.12. The van der Waals surface area contributed by atoms with E-state index in [0.717, 1.165) is 38.9 Å². The molecule has 0 bridgehead atoms. The van der Waals surface area contributed by atoms with E-state index in [-0.39, 0.29) is 17.9 Å². The fraction of sp³-hybridized carbons (Fsp3) is 0.667. The van der Waals surface area contributed by atoms with Crippen LogP contribution < -0.4 is 5.73 Å². The van der Waals surface area contributed by atoms with Crippen molar-refractivity contribution in [2.24, 2.45) is 17.6 Å². The Bertz CT molecular complexity index is 644. The number of nitrogens with two attached hydrogens (primary N) is 1. The molecule has 3 unspecified atom stereocenters. The SMILES string of the molecule is NC1CCC2CN(C(=O)CCC(=O)N3CCc4sccc4C3)CC12. The van der Waals surface area contributed by atoms with Gasteiger partial charge in [0.05, 0.1) is 0 Å². The highest BCUT2D eigenvalue weighted by Gasteiger charge is 2.42. The van der Waals surface area contributed by atoms with E-state index in [1.807, 2.05) is 9.80 Å². The summed E-state index contributed by atoms with van der Waals surface area (Å²) in [5, 5.41) is 2.09. The Morgan fingerprint density at radius 1 is 1.17 bits per heavy atom. The van der Waals surface area contributed by atoms with Crippen LogP contribution in [-0.4, -0.2) is 47.3 Å². The third kappa shape index (κ3) is 2.97. The minimum absolute atomic E-state index is 0.108. The van der Waals surface area contributed by atoms with E-state index in [0.29, 0.717) is 31.2 Å². The zero-order chi connectivity index (χ0) is 16.7. The maximum absolute atomic E-state index is 12.4. The Balaban J connectivity index is 1.26. The standard InChI is InChI=1S/C18H25N3O2S/c19-15-2-1-12-9-21(11-14(12)15)18(23)4-3-17(22)20-7-5-16-13(10-20)6-8-24-16/h6,8,12,14-15H,1-5,7,9-11,19H2. The van der Waals surface area contributed by atoms with Gasteiger partial charge in [0.1, 0.15) is 0 Å². The van der Waals surface area contributed by atoms with Crippen molar-refractivity contribution < 1.29 is 9.59 Å². The smallest absolute Gasteiger partial charge is 0.223 e. The summed E-state index contributed by atoms with van der Waals surface area (Å²) in [6.07, 6.45) is 3.84. The Morgan fingerprint density at radius 3 is 2.75 bits per heavy atom. The van der Waals surface area contributed by atoms with Crippen LogP contribution in [-0.2, 0) is 22.6 Å². The van der Waals surface area contributed by atoms with Gasteiger partial charge in [-0.15, -0.1) is 11.3 Å². The average Bonchev–Trinajstić information content (AvgIpc) is 3.28. The van der Waals surface area contributed by atoms with E-state index >= 15 is 0 Å². The molecule has 3 heterocycles. The Morgan fingerprint density at radius 2 is 1.96 bits per heavy atom. The predicted octanol–water partition coefficient (Wildman–Crippen LogP) is 1.61. The maximum Gasteiger partial charge on any atom is 0.223 e. The number of carbonyl (C=O) groups excluding carboxylic acids is 2. The molecule has 0 radical (unpaired) electrons. The summed E-state index contributed by atoms with van der Waals surface area (Å²) in [6, 6.07) is 2.36. The summed E-state index contributed by atoms with van der Waals surface area (Å²) in [4.78, 5) is 30.1. The van der Waals surface area contributed by atoms with Crippen LogP contribution in [0.1, 0.15) is 36.1 Å². The quantitative estimate of drug-likeness (QED) is 0.903. The van der Waals surface area contributed by atoms with E-state index in [1.165, 1.54) is 10.4 Å². The summed E-state index contributed by atoms with van der Waals surface area (Å²) in [5.41, 5.74) is 7.40. The zero-order valence-electron chi connectivity index (χ0n) is 13.9. The van der Waals surface area contributed by atoms with Crippen molar-refractivity contribution in [3.8, 4) is 0 Å². The summed E-state index contributed by atoms with van der Waals surface area (Å²) >= 11 is 1.77. The van der Waals surface area contributed by atoms with Gasteiger partial charge < -0.3 is 15.5 Å². The van der Waals surface area contributed by atoms with Crippen LogP contribution in [0, 0.1) is 11.8 Å². The topological polar surface area (TPSA) is 66.6 Å². The molecule has 5 nitrogen and oxygen atoms in total. The molecule has 0 aromatic carbocycles. The predicted molar refractivity (Wildman–Crippen MR) is 93.4 cm³/mol. The number of carbonyl (C=O) groups is 2. The van der Waals surface area contributed by atoms with Gasteiger partial charge in [-0.1, -0.05) is 0 Å². The number of hydrogen-bond donors (Lipinski definition) is 1. The summed E-state index contributed by atoms with van der Waals surface area (Å²) in [5.74, 6) is 1.29. The van der Waals surface area contributed by atoms with Crippen molar-refractivity contribution in [2.75, 3.05) is 19.6 Å². The number of hydrogen-bond acceptors (Lipinski definition) is 4. The average molecular weight is 347 g/mol. The molecule has 24 heavy (non-hydrogen) atoms. The molecule has 3 atom stereocenters. The first kappa shape index (κ1) is 16.1. The van der Waals surface area contributed by atoms with Crippen LogP contribution in [0.2, 0.25) is 0 Å². The second kappa shape index (κ2) is 6.48. The minimum Gasteiger partial charge on any atom is -0.342 e. The van der Waals surface area contributed by atoms with E-state index < -0.39 is 0 Å². The molecule has 0 spiro atoms. The maximum atomic E-state index is 12.4. The Labute approximate surface area is 146 Å². The van der Waals surface area contributed by atoms with E-state index in [4.69, 9.17) is 5.73 Å². The Kier molecular flexibility index (Phi) is 4.35. The van der Waals surface area contributed by atoms with E-state index in [9.17, 15) is 9.59 Å². The molecular weight excluding hydrogens is 322 g/mol. The van der Waals surface area contributed by atoms with Gasteiger partial charge in [0.2, 0.25) is 11.8 Å². The molecule has 1 saturated heterocycles. The molecule has 2 amide bonds. The second-order valence-corrected chi connectivity index (χ2v) is 8.40. The number of likely N-dealkylation sites (tertiary alicyclic amines) is 1. The number of fused-ring (bicyclic) bond motifs is 2. The number of amides is 2. The second-order valence-electron chi connectivity index (χ2n) is 7.40. The summed E-state index contributed by atoms with van der Waals surface area (Å²) in [7, 11) is 0. The van der Waals surface area contributed by atoms with E-state index in [2.05, 4.69) is 11.4 Å². The van der Waals surface area contributed by atoms with Gasteiger partial charge in [0.15, 0.2) is 0 Å². The molecule has 1 saturated carbocycles. The molecule has 2 fully saturated rings. The highest BCUT2D eigenvalue weighted by molar-refractivity contribution is 7.10. The highest BCUT2D eigenvalue weighted by atomic mass is 32.1. The van der Waals surface area contributed by atoms with Crippen LogP contribution in [0.15, 0.2) is 11.4 Å². The molecule has 2 N–H and O–H groups in total. The molecule has 1 aliphatic carbocycles. The molecular formula is C18H25N3O2S. The fourth-order valence-corrected chi connectivity index (χ4v) is 5.39. The molecule has 1 aromatic heterocycles. The first-order chi connectivity index (χ1) is 11.6. The lowest BCUT2D eigenvalue weighted by atomic mass is 9.98. The van der Waals surface area contributed by atoms with E-state index in [1.54, 1.807) is 11.3 Å². The number of thiophene rings is 1. The molecule has 3 aliphatic rings. The van der Waals surface area contributed by atoms with Crippen LogP contribution in [0.5, 0.6) is 0 Å². The van der Waals surface area contributed by atoms with Crippen molar-refractivity contribution in [3.05, 3.63) is 21.9 Å².